The fraction of sp³-hybridized carbons (Fsp3) is 0.0833. The van der Waals surface area contributed by atoms with Crippen LogP contribution in [-0.4, -0.2) is 14.9 Å². The molecule has 0 unspecified atom stereocenters. The van der Waals surface area contributed by atoms with Crippen molar-refractivity contribution in [3.63, 3.8) is 0 Å². The Kier molecular flexibility index (Phi) is 3.75. The molecule has 0 saturated heterocycles. The van der Waals surface area contributed by atoms with E-state index in [0.29, 0.717) is 6.07 Å². The molecule has 0 saturated carbocycles. The number of nitrogen functional groups attached to an aromatic ring is 2. The Hall–Kier alpha value is -3.42. The first kappa shape index (κ1) is 16.0. The zero-order valence-electron chi connectivity index (χ0n) is 11.1. The quantitative estimate of drug-likeness (QED) is 0.635. The van der Waals surface area contributed by atoms with Gasteiger partial charge in [0.2, 0.25) is 5.95 Å². The summed E-state index contributed by atoms with van der Waals surface area (Å²) in [6.07, 6.45) is -4.96. The summed E-state index contributed by atoms with van der Waals surface area (Å²) < 4.78 is 39.0. The number of aromatic nitrogens is 2. The minimum Gasteiger partial charge on any atom is -0.382 e. The zero-order chi connectivity index (χ0) is 17.4. The monoisotopic (exact) mass is 324 g/mol. The first-order valence-electron chi connectivity index (χ1n) is 5.85. The molecule has 0 radical (unpaired) electrons. The van der Waals surface area contributed by atoms with Gasteiger partial charge in [-0.2, -0.15) is 23.4 Å². The smallest absolute Gasteiger partial charge is 0.382 e. The number of nitrogens with zero attached hydrogens (tertiary/aromatic N) is 4. The van der Waals surface area contributed by atoms with E-state index in [0.717, 1.165) is 12.1 Å². The highest BCUT2D eigenvalue weighted by molar-refractivity contribution is 5.80. The standard InChI is InChI=1S/C12H7F3N6O2/c13-12(14,15)7-3-1-2-5(9(7)21(22)23)8-6(4-16)10(17)20-11(18)19-8/h1-3H,(H4,17,18,19,20). The minimum atomic E-state index is -4.96. The molecule has 2 rings (SSSR count). The third-order valence-electron chi connectivity index (χ3n) is 2.85. The van der Waals surface area contributed by atoms with Crippen LogP contribution >= 0.6 is 0 Å². The highest BCUT2D eigenvalue weighted by atomic mass is 19.4. The molecule has 0 aliphatic rings. The SMILES string of the molecule is N#Cc1c(N)nc(N)nc1-c1cccc(C(F)(F)F)c1[N+](=O)[O-]. The molecule has 0 amide bonds. The number of para-hydroxylation sites is 1. The van der Waals surface area contributed by atoms with Crippen molar-refractivity contribution in [3.8, 4) is 17.3 Å². The predicted molar refractivity (Wildman–Crippen MR) is 72.7 cm³/mol. The van der Waals surface area contributed by atoms with Crippen molar-refractivity contribution in [1.82, 2.24) is 9.97 Å². The van der Waals surface area contributed by atoms with Crippen LogP contribution in [0.5, 0.6) is 0 Å². The number of rotatable bonds is 2. The zero-order valence-corrected chi connectivity index (χ0v) is 11.1. The van der Waals surface area contributed by atoms with Gasteiger partial charge in [-0.15, -0.1) is 0 Å². The molecule has 0 spiro atoms. The Morgan fingerprint density at radius 2 is 1.91 bits per heavy atom. The molecule has 8 nitrogen and oxygen atoms in total. The summed E-state index contributed by atoms with van der Waals surface area (Å²) in [5.74, 6) is -0.815. The molecular formula is C12H7F3N6O2. The van der Waals surface area contributed by atoms with E-state index in [1.165, 1.54) is 0 Å². The van der Waals surface area contributed by atoms with Gasteiger partial charge in [-0.05, 0) is 12.1 Å². The summed E-state index contributed by atoms with van der Waals surface area (Å²) in [5.41, 5.74) is 6.76. The molecule has 23 heavy (non-hydrogen) atoms. The molecule has 4 N–H and O–H groups in total. The lowest BCUT2D eigenvalue weighted by atomic mass is 10.0. The van der Waals surface area contributed by atoms with Crippen LogP contribution in [0.25, 0.3) is 11.3 Å². The third kappa shape index (κ3) is 2.82. The molecule has 118 valence electrons. The molecule has 0 atom stereocenters. The average molecular weight is 324 g/mol. The van der Waals surface area contributed by atoms with Gasteiger partial charge in [0.05, 0.1) is 10.5 Å². The third-order valence-corrected chi connectivity index (χ3v) is 2.85. The van der Waals surface area contributed by atoms with Crippen LogP contribution in [0.15, 0.2) is 18.2 Å². The molecule has 2 aromatic rings. The van der Waals surface area contributed by atoms with Gasteiger partial charge in [0.15, 0.2) is 0 Å². The molecule has 0 bridgehead atoms. The number of alkyl halides is 3. The maximum Gasteiger partial charge on any atom is 0.423 e. The maximum absolute atomic E-state index is 13.0. The van der Waals surface area contributed by atoms with Gasteiger partial charge in [0.1, 0.15) is 28.7 Å². The Bertz CT molecular complexity index is 844. The van der Waals surface area contributed by atoms with Crippen molar-refractivity contribution in [3.05, 3.63) is 39.4 Å². The summed E-state index contributed by atoms with van der Waals surface area (Å²) >= 11 is 0. The van der Waals surface area contributed by atoms with Crippen LogP contribution in [0.4, 0.5) is 30.6 Å². The summed E-state index contributed by atoms with van der Waals surface area (Å²) in [4.78, 5) is 17.1. The van der Waals surface area contributed by atoms with Crippen molar-refractivity contribution in [1.29, 1.82) is 5.26 Å². The number of nitro benzene ring substituents is 1. The number of anilines is 2. The van der Waals surface area contributed by atoms with E-state index < -0.39 is 45.1 Å². The Labute approximate surface area is 126 Å². The summed E-state index contributed by atoms with van der Waals surface area (Å²) in [6.45, 7) is 0. The number of hydrogen-bond acceptors (Lipinski definition) is 7. The topological polar surface area (TPSA) is 145 Å². The normalized spacial score (nSPS) is 11.0. The largest absolute Gasteiger partial charge is 0.423 e. The van der Waals surface area contributed by atoms with Gasteiger partial charge in [-0.1, -0.05) is 6.07 Å². The van der Waals surface area contributed by atoms with Gasteiger partial charge >= 0.3 is 6.18 Å². The molecule has 1 aromatic heterocycles. The summed E-state index contributed by atoms with van der Waals surface area (Å²) in [7, 11) is 0. The van der Waals surface area contributed by atoms with Crippen molar-refractivity contribution < 1.29 is 18.1 Å². The Morgan fingerprint density at radius 3 is 2.43 bits per heavy atom. The average Bonchev–Trinajstić information content (AvgIpc) is 2.44. The number of nitriles is 1. The number of nitrogens with two attached hydrogens (primary N) is 2. The first-order chi connectivity index (χ1) is 10.7. The summed E-state index contributed by atoms with van der Waals surface area (Å²) in [6, 6.07) is 4.14. The molecular weight excluding hydrogens is 317 g/mol. The molecule has 1 heterocycles. The number of hydrogen-bond donors (Lipinski definition) is 2. The van der Waals surface area contributed by atoms with Crippen LogP contribution < -0.4 is 11.5 Å². The van der Waals surface area contributed by atoms with Crippen molar-refractivity contribution in [2.24, 2.45) is 0 Å². The lowest BCUT2D eigenvalue weighted by Crippen LogP contribution is -2.11. The van der Waals surface area contributed by atoms with E-state index in [4.69, 9.17) is 16.7 Å². The second kappa shape index (κ2) is 5.41. The van der Waals surface area contributed by atoms with E-state index in [-0.39, 0.29) is 5.82 Å². The number of benzene rings is 1. The predicted octanol–water partition coefficient (Wildman–Crippen LogP) is 2.11. The molecule has 0 fully saturated rings. The van der Waals surface area contributed by atoms with E-state index in [1.54, 1.807) is 6.07 Å². The van der Waals surface area contributed by atoms with Crippen molar-refractivity contribution in [2.45, 2.75) is 6.18 Å². The lowest BCUT2D eigenvalue weighted by Gasteiger charge is -2.11. The van der Waals surface area contributed by atoms with Gasteiger partial charge in [-0.3, -0.25) is 10.1 Å². The molecule has 1 aromatic carbocycles. The van der Waals surface area contributed by atoms with Crippen LogP contribution in [-0.2, 0) is 6.18 Å². The highest BCUT2D eigenvalue weighted by Gasteiger charge is 2.40. The van der Waals surface area contributed by atoms with Gasteiger partial charge < -0.3 is 11.5 Å². The van der Waals surface area contributed by atoms with Crippen LogP contribution in [0, 0.1) is 21.4 Å². The van der Waals surface area contributed by atoms with Crippen molar-refractivity contribution >= 4 is 17.5 Å². The van der Waals surface area contributed by atoms with E-state index >= 15 is 0 Å². The van der Waals surface area contributed by atoms with Gasteiger partial charge in [-0.25, -0.2) is 4.98 Å². The molecule has 0 aliphatic heterocycles. The summed E-state index contributed by atoms with van der Waals surface area (Å²) in [5, 5.41) is 20.2. The molecule has 11 heteroatoms. The van der Waals surface area contributed by atoms with Crippen LogP contribution in [0.1, 0.15) is 11.1 Å². The fourth-order valence-corrected chi connectivity index (χ4v) is 1.96. The Balaban J connectivity index is 2.91. The Morgan fingerprint density at radius 1 is 1.26 bits per heavy atom. The number of halogens is 3. The van der Waals surface area contributed by atoms with Crippen LogP contribution in [0.2, 0.25) is 0 Å². The van der Waals surface area contributed by atoms with E-state index in [1.807, 2.05) is 0 Å². The van der Waals surface area contributed by atoms with Crippen LogP contribution in [0.3, 0.4) is 0 Å². The highest BCUT2D eigenvalue weighted by Crippen LogP contribution is 2.42. The molecule has 0 aliphatic carbocycles. The number of nitro groups is 1. The maximum atomic E-state index is 13.0. The van der Waals surface area contributed by atoms with E-state index in [2.05, 4.69) is 9.97 Å². The van der Waals surface area contributed by atoms with E-state index in [9.17, 15) is 23.3 Å². The van der Waals surface area contributed by atoms with Crippen molar-refractivity contribution in [2.75, 3.05) is 11.5 Å². The van der Waals surface area contributed by atoms with Gasteiger partial charge in [0, 0.05) is 0 Å². The fourth-order valence-electron chi connectivity index (χ4n) is 1.96. The second-order valence-corrected chi connectivity index (χ2v) is 4.26. The second-order valence-electron chi connectivity index (χ2n) is 4.26. The lowest BCUT2D eigenvalue weighted by molar-refractivity contribution is -0.387. The minimum absolute atomic E-state index is 0.387. The first-order valence-corrected chi connectivity index (χ1v) is 5.85. The van der Waals surface area contributed by atoms with Gasteiger partial charge in [0.25, 0.3) is 5.69 Å².